The summed E-state index contributed by atoms with van der Waals surface area (Å²) in [5.74, 6) is -1.07. The topological polar surface area (TPSA) is 75.3 Å². The van der Waals surface area contributed by atoms with Gasteiger partial charge < -0.3 is 16.2 Å². The van der Waals surface area contributed by atoms with E-state index in [0.29, 0.717) is 11.1 Å². The highest BCUT2D eigenvalue weighted by Gasteiger charge is 2.11. The first-order valence-corrected chi connectivity index (χ1v) is 6.12. The van der Waals surface area contributed by atoms with Crippen molar-refractivity contribution in [3.63, 3.8) is 0 Å². The number of carbonyl (C=O) groups excluding carboxylic acids is 1. The molecule has 2 rings (SSSR count). The Bertz CT molecular complexity index is 626. The fourth-order valence-corrected chi connectivity index (χ4v) is 1.94. The third kappa shape index (κ3) is 3.06. The molecule has 0 fully saturated rings. The second-order valence-corrected chi connectivity index (χ2v) is 4.51. The monoisotopic (exact) mass is 274 g/mol. The lowest BCUT2D eigenvalue weighted by Crippen LogP contribution is -2.11. The number of aromatic hydroxyl groups is 1. The van der Waals surface area contributed by atoms with E-state index in [0.717, 1.165) is 11.8 Å². The van der Waals surface area contributed by atoms with Crippen LogP contribution in [0.4, 0.5) is 10.1 Å². The molecule has 0 aliphatic rings. The van der Waals surface area contributed by atoms with Crippen molar-refractivity contribution in [3.8, 4) is 5.75 Å². The van der Waals surface area contributed by atoms with Gasteiger partial charge in [0.05, 0.1) is 6.04 Å². The summed E-state index contributed by atoms with van der Waals surface area (Å²) in [5.41, 5.74) is 6.94. The number of hydrogen-bond acceptors (Lipinski definition) is 3. The van der Waals surface area contributed by atoms with Crippen LogP contribution in [-0.2, 0) is 0 Å². The lowest BCUT2D eigenvalue weighted by atomic mass is 10.1. The minimum atomic E-state index is -0.485. The van der Waals surface area contributed by atoms with E-state index in [1.54, 1.807) is 24.3 Å². The van der Waals surface area contributed by atoms with Gasteiger partial charge in [-0.1, -0.05) is 6.07 Å². The third-order valence-corrected chi connectivity index (χ3v) is 3.01. The highest BCUT2D eigenvalue weighted by atomic mass is 19.1. The van der Waals surface area contributed by atoms with Gasteiger partial charge in [0.1, 0.15) is 11.6 Å². The first-order valence-electron chi connectivity index (χ1n) is 6.12. The van der Waals surface area contributed by atoms with Crippen LogP contribution in [0, 0.1) is 5.82 Å². The highest BCUT2D eigenvalue weighted by molar-refractivity contribution is 5.93. The summed E-state index contributed by atoms with van der Waals surface area (Å²) >= 11 is 0. The fourth-order valence-electron chi connectivity index (χ4n) is 1.94. The number of hydrogen-bond donors (Lipinski definition) is 3. The molecule has 0 aliphatic carbocycles. The van der Waals surface area contributed by atoms with Crippen molar-refractivity contribution in [3.05, 3.63) is 59.4 Å². The summed E-state index contributed by atoms with van der Waals surface area (Å²) in [4.78, 5) is 11.0. The molecule has 0 saturated heterocycles. The maximum absolute atomic E-state index is 12.9. The van der Waals surface area contributed by atoms with Gasteiger partial charge >= 0.3 is 0 Å². The molecule has 1 amide bonds. The largest absolute Gasteiger partial charge is 0.507 e. The second kappa shape index (κ2) is 5.61. The number of carbonyl (C=O) groups is 1. The third-order valence-electron chi connectivity index (χ3n) is 3.01. The maximum Gasteiger partial charge on any atom is 0.248 e. The Hall–Kier alpha value is -2.56. The van der Waals surface area contributed by atoms with E-state index < -0.39 is 11.7 Å². The molecule has 0 radical (unpaired) electrons. The summed E-state index contributed by atoms with van der Waals surface area (Å²) in [7, 11) is 0. The summed E-state index contributed by atoms with van der Waals surface area (Å²) < 4.78 is 12.9. The molecular weight excluding hydrogens is 259 g/mol. The van der Waals surface area contributed by atoms with Gasteiger partial charge in [-0.05, 0) is 37.3 Å². The van der Waals surface area contributed by atoms with Crippen LogP contribution in [0.1, 0.15) is 28.9 Å². The lowest BCUT2D eigenvalue weighted by molar-refractivity contribution is 0.100. The van der Waals surface area contributed by atoms with Crippen LogP contribution in [0.25, 0.3) is 0 Å². The molecule has 0 saturated carbocycles. The van der Waals surface area contributed by atoms with E-state index in [9.17, 15) is 14.3 Å². The zero-order chi connectivity index (χ0) is 14.7. The molecule has 0 bridgehead atoms. The van der Waals surface area contributed by atoms with Gasteiger partial charge in [0.15, 0.2) is 0 Å². The zero-order valence-corrected chi connectivity index (χ0v) is 10.9. The Morgan fingerprint density at radius 3 is 2.45 bits per heavy atom. The van der Waals surface area contributed by atoms with Crippen LogP contribution in [0.5, 0.6) is 5.75 Å². The van der Waals surface area contributed by atoms with Gasteiger partial charge in [-0.25, -0.2) is 4.39 Å². The second-order valence-electron chi connectivity index (χ2n) is 4.51. The number of phenolic OH excluding ortho intramolecular Hbond substituents is 1. The van der Waals surface area contributed by atoms with Crippen molar-refractivity contribution in [1.29, 1.82) is 0 Å². The molecule has 0 heterocycles. The molecule has 1 unspecified atom stereocenters. The zero-order valence-electron chi connectivity index (χ0n) is 10.9. The molecule has 104 valence electrons. The SMILES string of the molecule is CC(Nc1ccc(C(N)=O)cc1)c1ccc(F)cc1O. The molecule has 4 nitrogen and oxygen atoms in total. The van der Waals surface area contributed by atoms with Gasteiger partial charge in [0.2, 0.25) is 5.91 Å². The van der Waals surface area contributed by atoms with E-state index in [1.165, 1.54) is 12.1 Å². The van der Waals surface area contributed by atoms with Gasteiger partial charge in [0, 0.05) is 22.9 Å². The number of nitrogens with one attached hydrogen (secondary N) is 1. The maximum atomic E-state index is 12.9. The van der Waals surface area contributed by atoms with Crippen LogP contribution in [0.3, 0.4) is 0 Å². The van der Waals surface area contributed by atoms with Crippen molar-refractivity contribution in [1.82, 2.24) is 0 Å². The minimum Gasteiger partial charge on any atom is -0.507 e. The van der Waals surface area contributed by atoms with E-state index in [2.05, 4.69) is 5.32 Å². The molecule has 20 heavy (non-hydrogen) atoms. The molecule has 5 heteroatoms. The Labute approximate surface area is 116 Å². The smallest absolute Gasteiger partial charge is 0.248 e. The molecule has 0 aliphatic heterocycles. The first kappa shape index (κ1) is 13.9. The van der Waals surface area contributed by atoms with E-state index >= 15 is 0 Å². The molecule has 4 N–H and O–H groups in total. The molecule has 2 aromatic carbocycles. The summed E-state index contributed by atoms with van der Waals surface area (Å²) in [5, 5.41) is 12.9. The van der Waals surface area contributed by atoms with Crippen molar-refractivity contribution in [2.24, 2.45) is 5.73 Å². The minimum absolute atomic E-state index is 0.0984. The summed E-state index contributed by atoms with van der Waals surface area (Å²) in [6.45, 7) is 1.84. The number of primary amides is 1. The Kier molecular flexibility index (Phi) is 3.89. The molecule has 0 spiro atoms. The number of rotatable bonds is 4. The molecular formula is C15H15FN2O2. The predicted molar refractivity (Wildman–Crippen MR) is 75.1 cm³/mol. The number of phenols is 1. The van der Waals surface area contributed by atoms with Gasteiger partial charge in [-0.15, -0.1) is 0 Å². The van der Waals surface area contributed by atoms with Crippen LogP contribution in [0.2, 0.25) is 0 Å². The van der Waals surface area contributed by atoms with E-state index in [-0.39, 0.29) is 11.8 Å². The Morgan fingerprint density at radius 1 is 1.25 bits per heavy atom. The number of halogens is 1. The van der Waals surface area contributed by atoms with Crippen molar-refractivity contribution in [2.45, 2.75) is 13.0 Å². The lowest BCUT2D eigenvalue weighted by Gasteiger charge is -2.17. The van der Waals surface area contributed by atoms with Gasteiger partial charge in [-0.3, -0.25) is 4.79 Å². The Morgan fingerprint density at radius 2 is 1.90 bits per heavy atom. The number of amides is 1. The predicted octanol–water partition coefficient (Wildman–Crippen LogP) is 2.80. The number of benzene rings is 2. The molecule has 1 atom stereocenters. The Balaban J connectivity index is 2.14. The standard InChI is InChI=1S/C15H15FN2O2/c1-9(13-7-4-11(16)8-14(13)19)18-12-5-2-10(3-6-12)15(17)20/h2-9,18-19H,1H3,(H2,17,20). The average molecular weight is 274 g/mol. The normalized spacial score (nSPS) is 11.9. The average Bonchev–Trinajstić information content (AvgIpc) is 2.39. The number of nitrogens with two attached hydrogens (primary N) is 1. The molecule has 2 aromatic rings. The van der Waals surface area contributed by atoms with Gasteiger partial charge in [0.25, 0.3) is 0 Å². The first-order chi connectivity index (χ1) is 9.47. The quantitative estimate of drug-likeness (QED) is 0.802. The van der Waals surface area contributed by atoms with Crippen LogP contribution >= 0.6 is 0 Å². The van der Waals surface area contributed by atoms with E-state index in [1.807, 2.05) is 6.92 Å². The fraction of sp³-hybridized carbons (Fsp3) is 0.133. The molecule has 0 aromatic heterocycles. The van der Waals surface area contributed by atoms with E-state index in [4.69, 9.17) is 5.73 Å². The van der Waals surface area contributed by atoms with Crippen LogP contribution < -0.4 is 11.1 Å². The van der Waals surface area contributed by atoms with Crippen molar-refractivity contribution in [2.75, 3.05) is 5.32 Å². The van der Waals surface area contributed by atoms with Crippen molar-refractivity contribution >= 4 is 11.6 Å². The van der Waals surface area contributed by atoms with Crippen molar-refractivity contribution < 1.29 is 14.3 Å². The summed E-state index contributed by atoms with van der Waals surface area (Å²) in [6.07, 6.45) is 0. The summed E-state index contributed by atoms with van der Waals surface area (Å²) in [6, 6.07) is 10.3. The van der Waals surface area contributed by atoms with Gasteiger partial charge in [-0.2, -0.15) is 0 Å². The van der Waals surface area contributed by atoms with Crippen LogP contribution in [0.15, 0.2) is 42.5 Å². The highest BCUT2D eigenvalue weighted by Crippen LogP contribution is 2.27. The number of anilines is 1. The van der Waals surface area contributed by atoms with Crippen LogP contribution in [-0.4, -0.2) is 11.0 Å².